The van der Waals surface area contributed by atoms with Crippen LogP contribution >= 0.6 is 0 Å². The van der Waals surface area contributed by atoms with Gasteiger partial charge in [0.1, 0.15) is 5.75 Å². The average Bonchev–Trinajstić information content (AvgIpc) is 2.52. The smallest absolute Gasteiger partial charge is 0.119 e. The molecular formula is C17H27NO2. The fourth-order valence-corrected chi connectivity index (χ4v) is 2.56. The van der Waals surface area contributed by atoms with Crippen molar-refractivity contribution in [3.63, 3.8) is 0 Å². The lowest BCUT2D eigenvalue weighted by Crippen LogP contribution is -2.36. The number of ether oxygens (including phenoxy) is 2. The Morgan fingerprint density at radius 1 is 1.20 bits per heavy atom. The van der Waals surface area contributed by atoms with Gasteiger partial charge >= 0.3 is 0 Å². The van der Waals surface area contributed by atoms with E-state index in [1.807, 2.05) is 0 Å². The van der Waals surface area contributed by atoms with E-state index in [0.29, 0.717) is 6.04 Å². The summed E-state index contributed by atoms with van der Waals surface area (Å²) >= 11 is 0. The summed E-state index contributed by atoms with van der Waals surface area (Å²) in [5.74, 6) is 0.951. The standard InChI is InChI=1S/C17H27NO2/c1-3-10-18-15-9-12-20-17(13-15)14-5-7-16(8-6-14)19-11-4-2/h5-8,15,17-18H,3-4,9-13H2,1-2H3. The number of hydrogen-bond donors (Lipinski definition) is 1. The van der Waals surface area contributed by atoms with E-state index in [2.05, 4.69) is 43.4 Å². The van der Waals surface area contributed by atoms with Crippen molar-refractivity contribution in [2.45, 2.75) is 51.7 Å². The van der Waals surface area contributed by atoms with Crippen LogP contribution in [0.5, 0.6) is 5.75 Å². The third-order valence-corrected chi connectivity index (χ3v) is 3.69. The Kier molecular flexibility index (Phi) is 6.34. The van der Waals surface area contributed by atoms with Crippen molar-refractivity contribution in [2.24, 2.45) is 0 Å². The topological polar surface area (TPSA) is 30.5 Å². The van der Waals surface area contributed by atoms with E-state index in [1.54, 1.807) is 0 Å². The first-order chi connectivity index (χ1) is 9.83. The third-order valence-electron chi connectivity index (χ3n) is 3.69. The maximum atomic E-state index is 5.91. The molecule has 2 unspecified atom stereocenters. The van der Waals surface area contributed by atoms with Gasteiger partial charge in [0, 0.05) is 12.6 Å². The summed E-state index contributed by atoms with van der Waals surface area (Å²) in [4.78, 5) is 0. The number of nitrogens with one attached hydrogen (secondary N) is 1. The molecule has 1 N–H and O–H groups in total. The molecule has 3 heteroatoms. The quantitative estimate of drug-likeness (QED) is 0.824. The van der Waals surface area contributed by atoms with Crippen LogP contribution in [-0.4, -0.2) is 25.8 Å². The Balaban J connectivity index is 1.89. The van der Waals surface area contributed by atoms with Crippen molar-refractivity contribution in [1.82, 2.24) is 5.32 Å². The zero-order valence-corrected chi connectivity index (χ0v) is 12.7. The predicted octanol–water partition coefficient (Wildman–Crippen LogP) is 3.70. The molecule has 20 heavy (non-hydrogen) atoms. The van der Waals surface area contributed by atoms with Gasteiger partial charge in [-0.15, -0.1) is 0 Å². The highest BCUT2D eigenvalue weighted by molar-refractivity contribution is 5.29. The minimum atomic E-state index is 0.221. The molecule has 0 aromatic heterocycles. The van der Waals surface area contributed by atoms with Crippen molar-refractivity contribution in [3.05, 3.63) is 29.8 Å². The molecule has 1 aromatic rings. The SMILES string of the molecule is CCCNC1CCOC(c2ccc(OCCC)cc2)C1. The summed E-state index contributed by atoms with van der Waals surface area (Å²) in [5, 5.41) is 3.61. The second kappa shape index (κ2) is 8.28. The van der Waals surface area contributed by atoms with Crippen LogP contribution in [0.4, 0.5) is 0 Å². The molecule has 1 saturated heterocycles. The number of rotatable bonds is 7. The molecule has 2 rings (SSSR count). The zero-order chi connectivity index (χ0) is 14.2. The molecule has 1 aliphatic heterocycles. The van der Waals surface area contributed by atoms with E-state index in [4.69, 9.17) is 9.47 Å². The molecule has 0 bridgehead atoms. The molecule has 1 aromatic carbocycles. The molecular weight excluding hydrogens is 250 g/mol. The zero-order valence-electron chi connectivity index (χ0n) is 12.7. The van der Waals surface area contributed by atoms with Crippen molar-refractivity contribution in [1.29, 1.82) is 0 Å². The highest BCUT2D eigenvalue weighted by Crippen LogP contribution is 2.29. The fraction of sp³-hybridized carbons (Fsp3) is 0.647. The Morgan fingerprint density at radius 3 is 2.70 bits per heavy atom. The van der Waals surface area contributed by atoms with Crippen molar-refractivity contribution < 1.29 is 9.47 Å². The van der Waals surface area contributed by atoms with Gasteiger partial charge in [-0.05, 0) is 49.9 Å². The lowest BCUT2D eigenvalue weighted by atomic mass is 9.97. The van der Waals surface area contributed by atoms with Crippen LogP contribution in [-0.2, 0) is 4.74 Å². The molecule has 1 heterocycles. The van der Waals surface area contributed by atoms with E-state index in [9.17, 15) is 0 Å². The van der Waals surface area contributed by atoms with Crippen LogP contribution in [0.25, 0.3) is 0 Å². The Labute approximate surface area is 122 Å². The molecule has 0 amide bonds. The molecule has 1 aliphatic rings. The Bertz CT molecular complexity index is 377. The van der Waals surface area contributed by atoms with Crippen LogP contribution in [0.1, 0.15) is 51.2 Å². The summed E-state index contributed by atoms with van der Waals surface area (Å²) in [6, 6.07) is 8.97. The van der Waals surface area contributed by atoms with Gasteiger partial charge in [-0.2, -0.15) is 0 Å². The average molecular weight is 277 g/mol. The van der Waals surface area contributed by atoms with E-state index in [0.717, 1.165) is 44.8 Å². The second-order valence-corrected chi connectivity index (χ2v) is 5.45. The maximum Gasteiger partial charge on any atom is 0.119 e. The lowest BCUT2D eigenvalue weighted by molar-refractivity contribution is 0.000334. The van der Waals surface area contributed by atoms with Crippen LogP contribution in [0.2, 0.25) is 0 Å². The minimum absolute atomic E-state index is 0.221. The molecule has 0 saturated carbocycles. The summed E-state index contributed by atoms with van der Waals surface area (Å²) in [6.07, 6.45) is 4.63. The highest BCUT2D eigenvalue weighted by Gasteiger charge is 2.23. The molecule has 1 fully saturated rings. The molecule has 2 atom stereocenters. The van der Waals surface area contributed by atoms with Gasteiger partial charge in [-0.1, -0.05) is 26.0 Å². The van der Waals surface area contributed by atoms with Crippen LogP contribution in [0.15, 0.2) is 24.3 Å². The lowest BCUT2D eigenvalue weighted by Gasteiger charge is -2.30. The van der Waals surface area contributed by atoms with Gasteiger partial charge in [0.05, 0.1) is 12.7 Å². The van der Waals surface area contributed by atoms with E-state index < -0.39 is 0 Å². The van der Waals surface area contributed by atoms with Crippen LogP contribution in [0.3, 0.4) is 0 Å². The van der Waals surface area contributed by atoms with E-state index >= 15 is 0 Å². The first-order valence-corrected chi connectivity index (χ1v) is 7.91. The molecule has 0 aliphatic carbocycles. The van der Waals surface area contributed by atoms with Gasteiger partial charge in [0.25, 0.3) is 0 Å². The monoisotopic (exact) mass is 277 g/mol. The maximum absolute atomic E-state index is 5.91. The highest BCUT2D eigenvalue weighted by atomic mass is 16.5. The van der Waals surface area contributed by atoms with Gasteiger partial charge in [-0.25, -0.2) is 0 Å². The van der Waals surface area contributed by atoms with Crippen LogP contribution in [0, 0.1) is 0 Å². The molecule has 0 spiro atoms. The third kappa shape index (κ3) is 4.50. The Hall–Kier alpha value is -1.06. The predicted molar refractivity (Wildman–Crippen MR) is 82.2 cm³/mol. The molecule has 3 nitrogen and oxygen atoms in total. The summed E-state index contributed by atoms with van der Waals surface area (Å²) in [6.45, 7) is 7.05. The van der Waals surface area contributed by atoms with Crippen molar-refractivity contribution in [2.75, 3.05) is 19.8 Å². The molecule has 112 valence electrons. The summed E-state index contributed by atoms with van der Waals surface area (Å²) in [5.41, 5.74) is 1.26. The number of benzene rings is 1. The fourth-order valence-electron chi connectivity index (χ4n) is 2.56. The van der Waals surface area contributed by atoms with E-state index in [1.165, 1.54) is 12.0 Å². The minimum Gasteiger partial charge on any atom is -0.494 e. The van der Waals surface area contributed by atoms with Crippen LogP contribution < -0.4 is 10.1 Å². The van der Waals surface area contributed by atoms with E-state index in [-0.39, 0.29) is 6.10 Å². The summed E-state index contributed by atoms with van der Waals surface area (Å²) in [7, 11) is 0. The van der Waals surface area contributed by atoms with Crippen molar-refractivity contribution in [3.8, 4) is 5.75 Å². The Morgan fingerprint density at radius 2 is 2.00 bits per heavy atom. The normalized spacial score (nSPS) is 22.7. The first-order valence-electron chi connectivity index (χ1n) is 7.91. The first kappa shape index (κ1) is 15.3. The van der Waals surface area contributed by atoms with Gasteiger partial charge in [0.15, 0.2) is 0 Å². The van der Waals surface area contributed by atoms with Gasteiger partial charge in [0.2, 0.25) is 0 Å². The summed E-state index contributed by atoms with van der Waals surface area (Å²) < 4.78 is 11.5. The largest absolute Gasteiger partial charge is 0.494 e. The molecule has 0 radical (unpaired) electrons. The second-order valence-electron chi connectivity index (χ2n) is 5.45. The van der Waals surface area contributed by atoms with Gasteiger partial charge in [-0.3, -0.25) is 0 Å². The van der Waals surface area contributed by atoms with Crippen molar-refractivity contribution >= 4 is 0 Å². The number of hydrogen-bond acceptors (Lipinski definition) is 3. The van der Waals surface area contributed by atoms with Gasteiger partial charge < -0.3 is 14.8 Å².